The van der Waals surface area contributed by atoms with Crippen LogP contribution in [0.25, 0.3) is 94.2 Å². The number of aromatic nitrogens is 3. The highest BCUT2D eigenvalue weighted by Gasteiger charge is 2.19. The van der Waals surface area contributed by atoms with Gasteiger partial charge in [-0.3, -0.25) is 0 Å². The third-order valence-corrected chi connectivity index (χ3v) is 10.2. The molecule has 53 heavy (non-hydrogen) atoms. The smallest absolute Gasteiger partial charge is 0.182 e. The summed E-state index contributed by atoms with van der Waals surface area (Å²) in [6.45, 7) is 0. The van der Waals surface area contributed by atoms with E-state index in [0.717, 1.165) is 33.8 Å². The maximum atomic E-state index is 5.06. The van der Waals surface area contributed by atoms with E-state index in [1.165, 1.54) is 54.6 Å². The average molecular weight is 676 g/mol. The van der Waals surface area contributed by atoms with Crippen molar-refractivity contribution in [1.82, 2.24) is 14.8 Å². The Balaban J connectivity index is 1.15. The largest absolute Gasteiger partial charge is 0.213 e. The van der Waals surface area contributed by atoms with Gasteiger partial charge in [0, 0.05) is 11.1 Å². The minimum atomic E-state index is 0.700. The second-order valence-electron chi connectivity index (χ2n) is 13.4. The summed E-state index contributed by atoms with van der Waals surface area (Å²) in [6, 6.07) is 71.2. The van der Waals surface area contributed by atoms with Gasteiger partial charge in [-0.25, -0.2) is 9.67 Å². The molecule has 248 valence electrons. The summed E-state index contributed by atoms with van der Waals surface area (Å²) in [6.07, 6.45) is 0. The number of rotatable bonds is 6. The second kappa shape index (κ2) is 12.9. The second-order valence-corrected chi connectivity index (χ2v) is 13.4. The Kier molecular flexibility index (Phi) is 7.47. The lowest BCUT2D eigenvalue weighted by Crippen LogP contribution is -1.99. The van der Waals surface area contributed by atoms with E-state index in [2.05, 4.69) is 164 Å². The molecular weight excluding hydrogens is 643 g/mol. The van der Waals surface area contributed by atoms with Crippen molar-refractivity contribution in [3.63, 3.8) is 0 Å². The van der Waals surface area contributed by atoms with Crippen LogP contribution in [-0.2, 0) is 0 Å². The van der Waals surface area contributed by atoms with Gasteiger partial charge < -0.3 is 0 Å². The molecule has 10 aromatic rings. The van der Waals surface area contributed by atoms with Crippen LogP contribution < -0.4 is 0 Å². The topological polar surface area (TPSA) is 30.7 Å². The fraction of sp³-hybridized carbons (Fsp3) is 0. The van der Waals surface area contributed by atoms with Crippen LogP contribution in [0.1, 0.15) is 0 Å². The standard InChI is InChI=1S/C50H33N3/c1-4-15-36(16-5-1)47-43-22-12-13-23-44(43)48(41-29-26-34-14-10-11-19-39(34)32-41)46-33-40(30-31-45(46)47)35-24-27-38(28-25-35)50-51-49(37-17-6-2-7-18-37)52-53(50)42-20-8-3-9-21-42/h1-33H. The first kappa shape index (κ1) is 30.7. The molecule has 9 aromatic carbocycles. The highest BCUT2D eigenvalue weighted by molar-refractivity contribution is 6.22. The molecule has 10 rings (SSSR count). The van der Waals surface area contributed by atoms with E-state index >= 15 is 0 Å². The number of benzene rings is 9. The highest BCUT2D eigenvalue weighted by atomic mass is 15.4. The van der Waals surface area contributed by atoms with Gasteiger partial charge in [-0.2, -0.15) is 0 Å². The normalized spacial score (nSPS) is 11.4. The quantitative estimate of drug-likeness (QED) is 0.164. The van der Waals surface area contributed by atoms with Gasteiger partial charge in [0.1, 0.15) is 0 Å². The summed E-state index contributed by atoms with van der Waals surface area (Å²) >= 11 is 0. The zero-order valence-corrected chi connectivity index (χ0v) is 28.9. The van der Waals surface area contributed by atoms with E-state index in [0.29, 0.717) is 5.82 Å². The fourth-order valence-corrected chi connectivity index (χ4v) is 7.70. The van der Waals surface area contributed by atoms with Gasteiger partial charge in [0.05, 0.1) is 5.69 Å². The van der Waals surface area contributed by atoms with Crippen LogP contribution in [0.5, 0.6) is 0 Å². The van der Waals surface area contributed by atoms with Crippen molar-refractivity contribution >= 4 is 32.3 Å². The van der Waals surface area contributed by atoms with Crippen molar-refractivity contribution in [2.24, 2.45) is 0 Å². The van der Waals surface area contributed by atoms with E-state index in [4.69, 9.17) is 10.1 Å². The number of para-hydroxylation sites is 1. The van der Waals surface area contributed by atoms with Gasteiger partial charge in [-0.1, -0.05) is 176 Å². The SMILES string of the molecule is c1ccc(-c2nc(-c3ccc(-c4ccc5c(-c6ccccc6)c6ccccc6c(-c6ccc7ccccc7c6)c5c4)cc3)n(-c3ccccc3)n2)cc1. The summed E-state index contributed by atoms with van der Waals surface area (Å²) in [5.74, 6) is 1.50. The lowest BCUT2D eigenvalue weighted by molar-refractivity contribution is 0.890. The lowest BCUT2D eigenvalue weighted by Gasteiger charge is -2.19. The Morgan fingerprint density at radius 3 is 1.57 bits per heavy atom. The summed E-state index contributed by atoms with van der Waals surface area (Å²) < 4.78 is 1.94. The van der Waals surface area contributed by atoms with Gasteiger partial charge >= 0.3 is 0 Å². The molecule has 1 aromatic heterocycles. The van der Waals surface area contributed by atoms with Crippen molar-refractivity contribution in [1.29, 1.82) is 0 Å². The van der Waals surface area contributed by atoms with Crippen molar-refractivity contribution in [3.05, 3.63) is 200 Å². The maximum Gasteiger partial charge on any atom is 0.182 e. The molecule has 0 aliphatic heterocycles. The van der Waals surface area contributed by atoms with Gasteiger partial charge in [-0.15, -0.1) is 5.10 Å². The molecule has 0 bridgehead atoms. The van der Waals surface area contributed by atoms with Crippen LogP contribution in [-0.4, -0.2) is 14.8 Å². The molecule has 0 atom stereocenters. The minimum Gasteiger partial charge on any atom is -0.213 e. The van der Waals surface area contributed by atoms with Gasteiger partial charge in [0.15, 0.2) is 11.6 Å². The third kappa shape index (κ3) is 5.47. The monoisotopic (exact) mass is 675 g/mol. The van der Waals surface area contributed by atoms with Gasteiger partial charge in [0.25, 0.3) is 0 Å². The molecule has 0 radical (unpaired) electrons. The van der Waals surface area contributed by atoms with E-state index in [1.54, 1.807) is 0 Å². The first-order valence-corrected chi connectivity index (χ1v) is 18.0. The minimum absolute atomic E-state index is 0.700. The predicted octanol–water partition coefficient (Wildman–Crippen LogP) is 13.1. The molecule has 0 aliphatic rings. The number of nitrogens with zero attached hydrogens (tertiary/aromatic N) is 3. The zero-order valence-electron chi connectivity index (χ0n) is 28.9. The van der Waals surface area contributed by atoms with Crippen LogP contribution in [0.2, 0.25) is 0 Å². The van der Waals surface area contributed by atoms with Crippen molar-refractivity contribution in [3.8, 4) is 61.8 Å². The molecule has 0 spiro atoms. The Labute approximate surface area is 308 Å². The first-order valence-electron chi connectivity index (χ1n) is 18.0. The van der Waals surface area contributed by atoms with Gasteiger partial charge in [-0.05, 0) is 90.0 Å². The highest BCUT2D eigenvalue weighted by Crippen LogP contribution is 2.45. The first-order chi connectivity index (χ1) is 26.3. The molecular formula is C50H33N3. The Morgan fingerprint density at radius 1 is 0.321 bits per heavy atom. The van der Waals surface area contributed by atoms with E-state index in [1.807, 2.05) is 41.1 Å². The molecule has 3 heteroatoms. The van der Waals surface area contributed by atoms with Crippen LogP contribution in [0.4, 0.5) is 0 Å². The molecule has 1 heterocycles. The maximum absolute atomic E-state index is 5.06. The Hall–Kier alpha value is -7.10. The lowest BCUT2D eigenvalue weighted by atomic mass is 9.84. The van der Waals surface area contributed by atoms with Crippen molar-refractivity contribution in [2.75, 3.05) is 0 Å². The number of hydrogen-bond acceptors (Lipinski definition) is 2. The average Bonchev–Trinajstić information content (AvgIpc) is 3.69. The third-order valence-electron chi connectivity index (χ3n) is 10.2. The van der Waals surface area contributed by atoms with Crippen LogP contribution in [0.3, 0.4) is 0 Å². The van der Waals surface area contributed by atoms with E-state index < -0.39 is 0 Å². The summed E-state index contributed by atoms with van der Waals surface area (Å²) in [5, 5.41) is 12.4. The van der Waals surface area contributed by atoms with Crippen LogP contribution in [0.15, 0.2) is 200 Å². The molecule has 3 nitrogen and oxygen atoms in total. The summed E-state index contributed by atoms with van der Waals surface area (Å²) in [4.78, 5) is 5.06. The molecule has 0 aliphatic carbocycles. The Bertz CT molecular complexity index is 2910. The summed E-state index contributed by atoms with van der Waals surface area (Å²) in [7, 11) is 0. The Morgan fingerprint density at radius 2 is 0.849 bits per heavy atom. The molecule has 0 saturated carbocycles. The van der Waals surface area contributed by atoms with E-state index in [9.17, 15) is 0 Å². The van der Waals surface area contributed by atoms with E-state index in [-0.39, 0.29) is 0 Å². The zero-order chi connectivity index (χ0) is 35.1. The number of hydrogen-bond donors (Lipinski definition) is 0. The van der Waals surface area contributed by atoms with Crippen LogP contribution >= 0.6 is 0 Å². The molecule has 0 N–H and O–H groups in total. The van der Waals surface area contributed by atoms with Crippen LogP contribution in [0, 0.1) is 0 Å². The van der Waals surface area contributed by atoms with Crippen molar-refractivity contribution < 1.29 is 0 Å². The summed E-state index contributed by atoms with van der Waals surface area (Å²) in [5.41, 5.74) is 10.2. The molecule has 0 fully saturated rings. The van der Waals surface area contributed by atoms with Crippen molar-refractivity contribution in [2.45, 2.75) is 0 Å². The molecule has 0 amide bonds. The predicted molar refractivity (Wildman–Crippen MR) is 221 cm³/mol. The fourth-order valence-electron chi connectivity index (χ4n) is 7.70. The molecule has 0 unspecified atom stereocenters. The number of fused-ring (bicyclic) bond motifs is 3. The molecule has 0 saturated heterocycles. The van der Waals surface area contributed by atoms with Gasteiger partial charge in [0.2, 0.25) is 0 Å².